The molecule has 0 aliphatic heterocycles. The summed E-state index contributed by atoms with van der Waals surface area (Å²) in [5, 5.41) is 15.2. The van der Waals surface area contributed by atoms with E-state index >= 15 is 0 Å². The summed E-state index contributed by atoms with van der Waals surface area (Å²) in [6.07, 6.45) is -0.573. The van der Waals surface area contributed by atoms with Crippen LogP contribution in [0.5, 0.6) is 0 Å². The number of aliphatic hydroxyl groups is 1. The molecule has 100 valence electrons. The summed E-state index contributed by atoms with van der Waals surface area (Å²) in [4.78, 5) is 15.8. The number of aliphatic hydroxyl groups excluding tert-OH is 1. The second-order valence-corrected chi connectivity index (χ2v) is 4.78. The first-order chi connectivity index (χ1) is 9.04. The van der Waals surface area contributed by atoms with Gasteiger partial charge < -0.3 is 10.4 Å². The number of aryl methyl sites for hydroxylation is 1. The number of carbonyl (C=O) groups excluding carboxylic acids is 1. The molecule has 0 radical (unpaired) electrons. The van der Waals surface area contributed by atoms with Crippen LogP contribution in [0.25, 0.3) is 0 Å². The van der Waals surface area contributed by atoms with Crippen LogP contribution in [0.2, 0.25) is 0 Å². The first-order valence-electron chi connectivity index (χ1n) is 5.71. The lowest BCUT2D eigenvalue weighted by atomic mass is 10.1. The number of hydrogen-bond donors (Lipinski definition) is 3. The lowest BCUT2D eigenvalue weighted by Crippen LogP contribution is -2.19. The van der Waals surface area contributed by atoms with Gasteiger partial charge in [-0.1, -0.05) is 12.1 Å². The molecule has 0 spiro atoms. The minimum absolute atomic E-state index is 0.390. The molecule has 0 saturated carbocycles. The molecule has 0 aliphatic carbocycles. The van der Waals surface area contributed by atoms with E-state index in [4.69, 9.17) is 0 Å². The highest BCUT2D eigenvalue weighted by atomic mass is 32.1. The molecule has 0 bridgehead atoms. The lowest BCUT2D eigenvalue weighted by Gasteiger charge is -2.08. The van der Waals surface area contributed by atoms with Crippen LogP contribution in [-0.4, -0.2) is 20.5 Å². The van der Waals surface area contributed by atoms with Crippen molar-refractivity contribution in [1.82, 2.24) is 9.36 Å². The number of benzene rings is 1. The monoisotopic (exact) mass is 278 g/mol. The van der Waals surface area contributed by atoms with Crippen LogP contribution in [0.3, 0.4) is 0 Å². The SMILES string of the molecule is Cc1nsc(NC(=O)Nc2cccc(C(C)O)c2)n1. The number of aromatic nitrogens is 2. The smallest absolute Gasteiger partial charge is 0.325 e. The fourth-order valence-electron chi connectivity index (χ4n) is 1.48. The van der Waals surface area contributed by atoms with Gasteiger partial charge in [0.25, 0.3) is 0 Å². The summed E-state index contributed by atoms with van der Waals surface area (Å²) < 4.78 is 3.97. The van der Waals surface area contributed by atoms with E-state index in [9.17, 15) is 9.90 Å². The van der Waals surface area contributed by atoms with Gasteiger partial charge in [-0.15, -0.1) is 0 Å². The third-order valence-electron chi connectivity index (χ3n) is 2.37. The number of amides is 2. The topological polar surface area (TPSA) is 87.1 Å². The number of nitrogens with zero attached hydrogens (tertiary/aromatic N) is 2. The second kappa shape index (κ2) is 5.77. The van der Waals surface area contributed by atoms with E-state index in [2.05, 4.69) is 20.0 Å². The molecule has 3 N–H and O–H groups in total. The highest BCUT2D eigenvalue weighted by molar-refractivity contribution is 7.09. The molecule has 19 heavy (non-hydrogen) atoms. The number of hydrogen-bond acceptors (Lipinski definition) is 5. The quantitative estimate of drug-likeness (QED) is 0.805. The van der Waals surface area contributed by atoms with Crippen LogP contribution in [0.4, 0.5) is 15.6 Å². The normalized spacial score (nSPS) is 11.9. The van der Waals surface area contributed by atoms with Crippen molar-refractivity contribution in [2.45, 2.75) is 20.0 Å². The summed E-state index contributed by atoms with van der Waals surface area (Å²) in [5.74, 6) is 0.622. The average Bonchev–Trinajstić information content (AvgIpc) is 2.74. The van der Waals surface area contributed by atoms with Crippen LogP contribution in [0.1, 0.15) is 24.4 Å². The summed E-state index contributed by atoms with van der Waals surface area (Å²) in [6.45, 7) is 3.43. The first kappa shape index (κ1) is 13.4. The molecule has 0 saturated heterocycles. The molecule has 1 unspecified atom stereocenters. The zero-order valence-electron chi connectivity index (χ0n) is 10.5. The van der Waals surface area contributed by atoms with E-state index in [-0.39, 0.29) is 6.03 Å². The summed E-state index contributed by atoms with van der Waals surface area (Å²) in [6, 6.07) is 6.64. The van der Waals surface area contributed by atoms with Crippen LogP contribution in [0.15, 0.2) is 24.3 Å². The predicted molar refractivity (Wildman–Crippen MR) is 74.4 cm³/mol. The Morgan fingerprint density at radius 3 is 2.84 bits per heavy atom. The molecule has 1 atom stereocenters. The zero-order chi connectivity index (χ0) is 13.8. The zero-order valence-corrected chi connectivity index (χ0v) is 11.4. The minimum Gasteiger partial charge on any atom is -0.389 e. The number of carbonyl (C=O) groups is 1. The molecular weight excluding hydrogens is 264 g/mol. The van der Waals surface area contributed by atoms with Crippen molar-refractivity contribution < 1.29 is 9.90 Å². The lowest BCUT2D eigenvalue weighted by molar-refractivity contribution is 0.199. The minimum atomic E-state index is -0.573. The Morgan fingerprint density at radius 1 is 1.42 bits per heavy atom. The van der Waals surface area contributed by atoms with Crippen molar-refractivity contribution >= 4 is 28.4 Å². The van der Waals surface area contributed by atoms with Crippen molar-refractivity contribution in [3.8, 4) is 0 Å². The van der Waals surface area contributed by atoms with E-state index in [1.165, 1.54) is 0 Å². The molecule has 0 aliphatic rings. The van der Waals surface area contributed by atoms with Gasteiger partial charge >= 0.3 is 6.03 Å². The highest BCUT2D eigenvalue weighted by Gasteiger charge is 2.07. The maximum Gasteiger partial charge on any atom is 0.325 e. The van der Waals surface area contributed by atoms with Crippen molar-refractivity contribution in [3.63, 3.8) is 0 Å². The Balaban J connectivity index is 2.00. The summed E-state index contributed by atoms with van der Waals surface area (Å²) in [7, 11) is 0. The van der Waals surface area contributed by atoms with E-state index in [0.29, 0.717) is 16.6 Å². The van der Waals surface area contributed by atoms with Gasteiger partial charge in [0.05, 0.1) is 6.10 Å². The first-order valence-corrected chi connectivity index (χ1v) is 6.48. The fourth-order valence-corrected chi connectivity index (χ4v) is 2.05. The van der Waals surface area contributed by atoms with E-state index in [1.807, 2.05) is 0 Å². The van der Waals surface area contributed by atoms with Gasteiger partial charge in [-0.2, -0.15) is 4.37 Å². The largest absolute Gasteiger partial charge is 0.389 e. The van der Waals surface area contributed by atoms with Crippen LogP contribution < -0.4 is 10.6 Å². The van der Waals surface area contributed by atoms with Gasteiger partial charge in [0, 0.05) is 17.2 Å². The molecule has 1 heterocycles. The van der Waals surface area contributed by atoms with Gasteiger partial charge in [-0.3, -0.25) is 5.32 Å². The molecule has 2 aromatic rings. The van der Waals surface area contributed by atoms with Crippen molar-refractivity contribution in [3.05, 3.63) is 35.7 Å². The second-order valence-electron chi connectivity index (χ2n) is 4.03. The Hall–Kier alpha value is -1.99. The molecular formula is C12H14N4O2S. The van der Waals surface area contributed by atoms with E-state index in [1.54, 1.807) is 38.1 Å². The standard InChI is InChI=1S/C12H14N4O2S/c1-7(17)9-4-3-5-10(6-9)14-11(18)15-12-13-8(2)16-19-12/h3-7,17H,1-2H3,(H2,13,14,15,16,18). The maximum absolute atomic E-state index is 11.7. The predicted octanol–water partition coefficient (Wildman–Crippen LogP) is 2.54. The molecule has 2 rings (SSSR count). The van der Waals surface area contributed by atoms with Gasteiger partial charge in [-0.05, 0) is 31.5 Å². The molecule has 1 aromatic carbocycles. The van der Waals surface area contributed by atoms with E-state index < -0.39 is 6.10 Å². The van der Waals surface area contributed by atoms with Gasteiger partial charge in [0.2, 0.25) is 5.13 Å². The van der Waals surface area contributed by atoms with Crippen LogP contribution >= 0.6 is 11.5 Å². The summed E-state index contributed by atoms with van der Waals surface area (Å²) >= 11 is 1.12. The Bertz CT molecular complexity index is 583. The Morgan fingerprint density at radius 2 is 2.21 bits per heavy atom. The highest BCUT2D eigenvalue weighted by Crippen LogP contribution is 2.17. The van der Waals surface area contributed by atoms with E-state index in [0.717, 1.165) is 17.1 Å². The average molecular weight is 278 g/mol. The van der Waals surface area contributed by atoms with Gasteiger partial charge in [0.1, 0.15) is 5.82 Å². The van der Waals surface area contributed by atoms with Gasteiger partial charge in [-0.25, -0.2) is 9.78 Å². The third kappa shape index (κ3) is 3.73. The van der Waals surface area contributed by atoms with Crippen LogP contribution in [0, 0.1) is 6.92 Å². The molecule has 7 heteroatoms. The molecule has 0 fully saturated rings. The number of rotatable bonds is 3. The maximum atomic E-state index is 11.7. The number of anilines is 2. The molecule has 1 aromatic heterocycles. The third-order valence-corrected chi connectivity index (χ3v) is 3.10. The summed E-state index contributed by atoms with van der Waals surface area (Å²) in [5.41, 5.74) is 1.35. The van der Waals surface area contributed by atoms with Crippen molar-refractivity contribution in [2.75, 3.05) is 10.6 Å². The van der Waals surface area contributed by atoms with Gasteiger partial charge in [0.15, 0.2) is 0 Å². The van der Waals surface area contributed by atoms with Crippen molar-refractivity contribution in [1.29, 1.82) is 0 Å². The number of urea groups is 1. The molecule has 2 amide bonds. The van der Waals surface area contributed by atoms with Crippen molar-refractivity contribution in [2.24, 2.45) is 0 Å². The molecule has 6 nitrogen and oxygen atoms in total. The Kier molecular flexibility index (Phi) is 4.08. The Labute approximate surface area is 114 Å². The fraction of sp³-hybridized carbons (Fsp3) is 0.250. The van der Waals surface area contributed by atoms with Crippen LogP contribution in [-0.2, 0) is 0 Å². The number of nitrogens with one attached hydrogen (secondary N) is 2.